The molecule has 1 rings (SSSR count). The van der Waals surface area contributed by atoms with E-state index in [9.17, 15) is 9.59 Å². The monoisotopic (exact) mass is 437 g/mol. The van der Waals surface area contributed by atoms with Crippen LogP contribution in [0.25, 0.3) is 0 Å². The van der Waals surface area contributed by atoms with Gasteiger partial charge in [0, 0.05) is 13.1 Å². The Morgan fingerprint density at radius 3 is 1.77 bits per heavy atom. The number of nitrogens with zero attached hydrogens (tertiary/aromatic N) is 1. The van der Waals surface area contributed by atoms with Crippen molar-refractivity contribution >= 4 is 12.1 Å². The normalized spacial score (nSPS) is 14.4. The smallest absolute Gasteiger partial charge is 0.410 e. The number of carbonyl (C=O) groups excluding carboxylic acids is 2. The fourth-order valence-corrected chi connectivity index (χ4v) is 4.11. The molecule has 0 atom stereocenters. The summed E-state index contributed by atoms with van der Waals surface area (Å²) in [5, 5.41) is 0. The molecule has 0 radical (unpaired) electrons. The van der Waals surface area contributed by atoms with Crippen LogP contribution in [0, 0.1) is 5.92 Å². The fourth-order valence-electron chi connectivity index (χ4n) is 4.11. The van der Waals surface area contributed by atoms with Gasteiger partial charge in [-0.15, -0.1) is 0 Å². The quantitative estimate of drug-likeness (QED) is 0.131. The van der Waals surface area contributed by atoms with Gasteiger partial charge in [-0.1, -0.05) is 103 Å². The number of amides is 1. The minimum atomic E-state index is -0.325. The molecule has 0 bridgehead atoms. The van der Waals surface area contributed by atoms with Gasteiger partial charge >= 0.3 is 12.1 Å². The zero-order chi connectivity index (χ0) is 22.6. The van der Waals surface area contributed by atoms with E-state index in [0.29, 0.717) is 32.5 Å². The van der Waals surface area contributed by atoms with Crippen LogP contribution in [0.3, 0.4) is 0 Å². The lowest BCUT2D eigenvalue weighted by molar-refractivity contribution is -0.150. The molecule has 0 unspecified atom stereocenters. The van der Waals surface area contributed by atoms with Crippen molar-refractivity contribution in [1.82, 2.24) is 4.90 Å². The third-order valence-electron chi connectivity index (χ3n) is 6.15. The van der Waals surface area contributed by atoms with E-state index in [4.69, 9.17) is 9.47 Å². The SMILES string of the molecule is C=CCOC(=O)N1CCC(C(=O)OCCCCCCCCCCCCCCCC)CC1. The Bertz CT molecular complexity index is 472. The van der Waals surface area contributed by atoms with Crippen LogP contribution in [-0.2, 0) is 14.3 Å². The van der Waals surface area contributed by atoms with Crippen LogP contribution in [-0.4, -0.2) is 43.3 Å². The van der Waals surface area contributed by atoms with Gasteiger partial charge in [0.15, 0.2) is 0 Å². The largest absolute Gasteiger partial charge is 0.465 e. The Morgan fingerprint density at radius 1 is 0.806 bits per heavy atom. The van der Waals surface area contributed by atoms with E-state index in [1.807, 2.05) is 0 Å². The molecule has 31 heavy (non-hydrogen) atoms. The van der Waals surface area contributed by atoms with Crippen LogP contribution in [0.2, 0.25) is 0 Å². The van der Waals surface area contributed by atoms with E-state index < -0.39 is 0 Å². The lowest BCUT2D eigenvalue weighted by atomic mass is 9.97. The highest BCUT2D eigenvalue weighted by molar-refractivity contribution is 5.73. The molecule has 1 amide bonds. The minimum absolute atomic E-state index is 0.0879. The molecule has 0 aromatic carbocycles. The lowest BCUT2D eigenvalue weighted by Gasteiger charge is -2.30. The molecule has 0 aromatic rings. The summed E-state index contributed by atoms with van der Waals surface area (Å²) in [4.78, 5) is 25.7. The molecule has 0 saturated carbocycles. The van der Waals surface area contributed by atoms with Crippen molar-refractivity contribution in [1.29, 1.82) is 0 Å². The van der Waals surface area contributed by atoms with Gasteiger partial charge in [0.2, 0.25) is 0 Å². The third kappa shape index (κ3) is 14.2. The van der Waals surface area contributed by atoms with Crippen molar-refractivity contribution in [2.45, 2.75) is 110 Å². The molecule has 1 aliphatic rings. The Morgan fingerprint density at radius 2 is 1.29 bits per heavy atom. The van der Waals surface area contributed by atoms with E-state index >= 15 is 0 Å². The van der Waals surface area contributed by atoms with Crippen LogP contribution in [0.15, 0.2) is 12.7 Å². The maximum Gasteiger partial charge on any atom is 0.410 e. The first-order chi connectivity index (χ1) is 15.2. The molecule has 1 fully saturated rings. The first-order valence-corrected chi connectivity index (χ1v) is 12.9. The highest BCUT2D eigenvalue weighted by Crippen LogP contribution is 2.20. The summed E-state index contributed by atoms with van der Waals surface area (Å²) in [6.07, 6.45) is 21.0. The van der Waals surface area contributed by atoms with E-state index in [-0.39, 0.29) is 24.6 Å². The Kier molecular flexibility index (Phi) is 17.0. The topological polar surface area (TPSA) is 55.8 Å². The Hall–Kier alpha value is -1.52. The van der Waals surface area contributed by atoms with Crippen molar-refractivity contribution in [3.63, 3.8) is 0 Å². The zero-order valence-corrected chi connectivity index (χ0v) is 20.1. The number of piperidine rings is 1. The third-order valence-corrected chi connectivity index (χ3v) is 6.15. The summed E-state index contributed by atoms with van der Waals surface area (Å²) >= 11 is 0. The number of carbonyl (C=O) groups is 2. The van der Waals surface area contributed by atoms with Gasteiger partial charge in [-0.25, -0.2) is 4.79 Å². The molecule has 180 valence electrons. The number of hydrogen-bond acceptors (Lipinski definition) is 4. The Labute approximate surface area is 190 Å². The molecular formula is C26H47NO4. The van der Waals surface area contributed by atoms with Gasteiger partial charge < -0.3 is 14.4 Å². The van der Waals surface area contributed by atoms with Gasteiger partial charge in [-0.05, 0) is 19.3 Å². The van der Waals surface area contributed by atoms with Gasteiger partial charge in [-0.2, -0.15) is 0 Å². The lowest BCUT2D eigenvalue weighted by Crippen LogP contribution is -2.41. The van der Waals surface area contributed by atoms with Crippen LogP contribution in [0.1, 0.15) is 110 Å². The summed E-state index contributed by atoms with van der Waals surface area (Å²) in [5.41, 5.74) is 0. The molecule has 5 heteroatoms. The van der Waals surface area contributed by atoms with Gasteiger partial charge in [0.1, 0.15) is 6.61 Å². The van der Waals surface area contributed by atoms with Crippen LogP contribution >= 0.6 is 0 Å². The molecule has 5 nitrogen and oxygen atoms in total. The van der Waals surface area contributed by atoms with Gasteiger partial charge in [0.05, 0.1) is 12.5 Å². The summed E-state index contributed by atoms with van der Waals surface area (Å²) in [7, 11) is 0. The van der Waals surface area contributed by atoms with E-state index in [1.165, 1.54) is 77.0 Å². The molecule has 0 aromatic heterocycles. The second-order valence-corrected chi connectivity index (χ2v) is 8.89. The predicted octanol–water partition coefficient (Wildman–Crippen LogP) is 7.05. The van der Waals surface area contributed by atoms with Crippen molar-refractivity contribution in [3.05, 3.63) is 12.7 Å². The Balaban J connectivity index is 1.88. The van der Waals surface area contributed by atoms with Crippen molar-refractivity contribution in [2.75, 3.05) is 26.3 Å². The minimum Gasteiger partial charge on any atom is -0.465 e. The fraction of sp³-hybridized carbons (Fsp3) is 0.846. The summed E-state index contributed by atoms with van der Waals surface area (Å²) in [6, 6.07) is 0. The van der Waals surface area contributed by atoms with Crippen molar-refractivity contribution < 1.29 is 19.1 Å². The maximum absolute atomic E-state index is 12.2. The number of likely N-dealkylation sites (tertiary alicyclic amines) is 1. The molecule has 1 saturated heterocycles. The summed E-state index contributed by atoms with van der Waals surface area (Å²) in [6.45, 7) is 7.65. The van der Waals surface area contributed by atoms with Crippen molar-refractivity contribution in [3.8, 4) is 0 Å². The standard InChI is InChI=1S/C26H47NO4/c1-3-5-6-7-8-9-10-11-12-13-14-15-16-17-23-30-25(28)24-18-20-27(21-19-24)26(29)31-22-4-2/h4,24H,2-3,5-23H2,1H3. The predicted molar refractivity (Wildman–Crippen MR) is 127 cm³/mol. The molecule has 0 aliphatic carbocycles. The van der Waals surface area contributed by atoms with Crippen LogP contribution in [0.4, 0.5) is 4.79 Å². The summed E-state index contributed by atoms with van der Waals surface area (Å²) in [5.74, 6) is -0.191. The number of unbranched alkanes of at least 4 members (excludes halogenated alkanes) is 13. The molecule has 0 spiro atoms. The number of esters is 1. The van der Waals surface area contributed by atoms with Gasteiger partial charge in [0.25, 0.3) is 0 Å². The zero-order valence-electron chi connectivity index (χ0n) is 20.1. The molecule has 1 heterocycles. The first-order valence-electron chi connectivity index (χ1n) is 12.9. The summed E-state index contributed by atoms with van der Waals surface area (Å²) < 4.78 is 10.5. The second-order valence-electron chi connectivity index (χ2n) is 8.89. The second kappa shape index (κ2) is 19.2. The molecule has 0 N–H and O–H groups in total. The maximum atomic E-state index is 12.2. The van der Waals surface area contributed by atoms with Gasteiger partial charge in [-0.3, -0.25) is 4.79 Å². The highest BCUT2D eigenvalue weighted by Gasteiger charge is 2.28. The average molecular weight is 438 g/mol. The average Bonchev–Trinajstić information content (AvgIpc) is 2.80. The van der Waals surface area contributed by atoms with E-state index in [1.54, 1.807) is 11.0 Å². The van der Waals surface area contributed by atoms with Crippen LogP contribution < -0.4 is 0 Å². The van der Waals surface area contributed by atoms with E-state index in [2.05, 4.69) is 13.5 Å². The van der Waals surface area contributed by atoms with E-state index in [0.717, 1.165) is 12.8 Å². The number of rotatable bonds is 18. The number of hydrogen-bond donors (Lipinski definition) is 0. The highest BCUT2D eigenvalue weighted by atomic mass is 16.6. The van der Waals surface area contributed by atoms with Crippen molar-refractivity contribution in [2.24, 2.45) is 5.92 Å². The molecular weight excluding hydrogens is 390 g/mol. The number of ether oxygens (including phenoxy) is 2. The molecule has 1 aliphatic heterocycles. The first kappa shape index (κ1) is 27.5. The van der Waals surface area contributed by atoms with Crippen LogP contribution in [0.5, 0.6) is 0 Å².